The Kier molecular flexibility index (Phi) is 2.84. The highest BCUT2D eigenvalue weighted by Crippen LogP contribution is 2.41. The SMILES string of the molecule is Oc1ccc(Cl)cc1-c1c(F)ccc2c1oc1ccccc12. The first-order valence-corrected chi connectivity index (χ1v) is 7.11. The summed E-state index contributed by atoms with van der Waals surface area (Å²) in [6.45, 7) is 0. The molecular weight excluding hydrogens is 303 g/mol. The van der Waals surface area contributed by atoms with E-state index in [1.807, 2.05) is 24.3 Å². The van der Waals surface area contributed by atoms with Crippen LogP contribution in [-0.2, 0) is 0 Å². The van der Waals surface area contributed by atoms with Gasteiger partial charge in [0, 0.05) is 21.4 Å². The molecule has 4 rings (SSSR count). The molecule has 0 atom stereocenters. The summed E-state index contributed by atoms with van der Waals surface area (Å²) in [6, 6.07) is 15.1. The number of hydrogen-bond acceptors (Lipinski definition) is 2. The van der Waals surface area contributed by atoms with E-state index in [1.54, 1.807) is 12.1 Å². The van der Waals surface area contributed by atoms with Crippen LogP contribution >= 0.6 is 11.6 Å². The van der Waals surface area contributed by atoms with Crippen molar-refractivity contribution in [3.8, 4) is 16.9 Å². The largest absolute Gasteiger partial charge is 0.507 e. The Morgan fingerprint density at radius 1 is 0.955 bits per heavy atom. The van der Waals surface area contributed by atoms with Crippen LogP contribution in [0.25, 0.3) is 33.1 Å². The second-order valence-corrected chi connectivity index (χ2v) is 5.50. The molecule has 1 N–H and O–H groups in total. The van der Waals surface area contributed by atoms with E-state index in [9.17, 15) is 9.50 Å². The Bertz CT molecular complexity index is 1020. The maximum absolute atomic E-state index is 14.4. The van der Waals surface area contributed by atoms with Crippen LogP contribution in [0.3, 0.4) is 0 Å². The Balaban J connectivity index is 2.17. The summed E-state index contributed by atoms with van der Waals surface area (Å²) >= 11 is 5.98. The van der Waals surface area contributed by atoms with Crippen molar-refractivity contribution in [3.05, 3.63) is 65.4 Å². The normalized spacial score (nSPS) is 11.4. The number of phenols is 1. The van der Waals surface area contributed by atoms with Crippen molar-refractivity contribution < 1.29 is 13.9 Å². The quantitative estimate of drug-likeness (QED) is 0.485. The van der Waals surface area contributed by atoms with Crippen LogP contribution in [-0.4, -0.2) is 5.11 Å². The molecule has 1 heterocycles. The molecule has 4 heteroatoms. The number of rotatable bonds is 1. The highest BCUT2D eigenvalue weighted by Gasteiger charge is 2.18. The molecule has 2 nitrogen and oxygen atoms in total. The van der Waals surface area contributed by atoms with Gasteiger partial charge >= 0.3 is 0 Å². The monoisotopic (exact) mass is 312 g/mol. The first-order valence-electron chi connectivity index (χ1n) is 6.74. The molecule has 0 spiro atoms. The summed E-state index contributed by atoms with van der Waals surface area (Å²) in [5, 5.41) is 12.2. The standard InChI is InChI=1S/C18H10ClFO2/c19-10-5-8-15(21)13(9-10)17-14(20)7-6-12-11-3-1-2-4-16(11)22-18(12)17/h1-9,21H. The minimum Gasteiger partial charge on any atom is -0.507 e. The van der Waals surface area contributed by atoms with Gasteiger partial charge in [0.2, 0.25) is 0 Å². The number of benzene rings is 3. The molecule has 0 aliphatic rings. The predicted octanol–water partition coefficient (Wildman–Crippen LogP) is 5.75. The molecular formula is C18H10ClFO2. The number of hydrogen-bond donors (Lipinski definition) is 1. The third-order valence-electron chi connectivity index (χ3n) is 3.72. The molecule has 108 valence electrons. The van der Waals surface area contributed by atoms with Gasteiger partial charge in [0.15, 0.2) is 0 Å². The molecule has 0 bridgehead atoms. The zero-order valence-corrected chi connectivity index (χ0v) is 12.1. The number of para-hydroxylation sites is 1. The van der Waals surface area contributed by atoms with Crippen molar-refractivity contribution in [2.45, 2.75) is 0 Å². The Hall–Kier alpha value is -2.52. The molecule has 0 amide bonds. The Morgan fingerprint density at radius 3 is 2.64 bits per heavy atom. The zero-order valence-electron chi connectivity index (χ0n) is 11.3. The Labute approximate surface area is 130 Å². The van der Waals surface area contributed by atoms with Gasteiger partial charge in [-0.2, -0.15) is 0 Å². The highest BCUT2D eigenvalue weighted by molar-refractivity contribution is 6.31. The summed E-state index contributed by atoms with van der Waals surface area (Å²) in [7, 11) is 0. The van der Waals surface area contributed by atoms with Crippen LogP contribution in [0.4, 0.5) is 4.39 Å². The van der Waals surface area contributed by atoms with Gasteiger partial charge in [-0.1, -0.05) is 29.8 Å². The number of aromatic hydroxyl groups is 1. The second kappa shape index (κ2) is 4.75. The van der Waals surface area contributed by atoms with Crippen LogP contribution in [0.1, 0.15) is 0 Å². The lowest BCUT2D eigenvalue weighted by Crippen LogP contribution is -1.86. The fourth-order valence-electron chi connectivity index (χ4n) is 2.72. The summed E-state index contributed by atoms with van der Waals surface area (Å²) in [4.78, 5) is 0. The van der Waals surface area contributed by atoms with Crippen LogP contribution < -0.4 is 0 Å². The molecule has 4 aromatic rings. The van der Waals surface area contributed by atoms with E-state index in [4.69, 9.17) is 16.0 Å². The van der Waals surface area contributed by atoms with E-state index in [0.29, 0.717) is 21.8 Å². The first kappa shape index (κ1) is 13.2. The van der Waals surface area contributed by atoms with Crippen molar-refractivity contribution in [2.24, 2.45) is 0 Å². The lowest BCUT2D eigenvalue weighted by molar-refractivity contribution is 0.476. The summed E-state index contributed by atoms with van der Waals surface area (Å²) in [6.07, 6.45) is 0. The number of fused-ring (bicyclic) bond motifs is 3. The van der Waals surface area contributed by atoms with Gasteiger partial charge in [0.25, 0.3) is 0 Å². The van der Waals surface area contributed by atoms with Crippen LogP contribution in [0.15, 0.2) is 59.0 Å². The van der Waals surface area contributed by atoms with Crippen LogP contribution in [0.2, 0.25) is 5.02 Å². The first-order chi connectivity index (χ1) is 10.6. The minimum absolute atomic E-state index is 0.0451. The molecule has 0 unspecified atom stereocenters. The second-order valence-electron chi connectivity index (χ2n) is 5.06. The third kappa shape index (κ3) is 1.86. The van der Waals surface area contributed by atoms with Gasteiger partial charge in [0.05, 0.1) is 5.56 Å². The van der Waals surface area contributed by atoms with Crippen LogP contribution in [0, 0.1) is 5.82 Å². The molecule has 22 heavy (non-hydrogen) atoms. The zero-order chi connectivity index (χ0) is 15.3. The topological polar surface area (TPSA) is 33.4 Å². The van der Waals surface area contributed by atoms with Crippen LogP contribution in [0.5, 0.6) is 5.75 Å². The maximum Gasteiger partial charge on any atom is 0.146 e. The van der Waals surface area contributed by atoms with E-state index in [-0.39, 0.29) is 11.3 Å². The summed E-state index contributed by atoms with van der Waals surface area (Å²) in [5.74, 6) is -0.514. The molecule has 0 aliphatic heterocycles. The Morgan fingerprint density at radius 2 is 1.77 bits per heavy atom. The fraction of sp³-hybridized carbons (Fsp3) is 0. The number of phenolic OH excluding ortho intramolecular Hbond substituents is 1. The van der Waals surface area contributed by atoms with Gasteiger partial charge in [-0.05, 0) is 36.4 Å². The van der Waals surface area contributed by atoms with E-state index in [1.165, 1.54) is 18.2 Å². The molecule has 0 saturated heterocycles. The highest BCUT2D eigenvalue weighted by atomic mass is 35.5. The predicted molar refractivity (Wildman–Crippen MR) is 85.8 cm³/mol. The van der Waals surface area contributed by atoms with Gasteiger partial charge < -0.3 is 9.52 Å². The smallest absolute Gasteiger partial charge is 0.146 e. The van der Waals surface area contributed by atoms with Gasteiger partial charge in [-0.3, -0.25) is 0 Å². The average Bonchev–Trinajstić information content (AvgIpc) is 2.88. The minimum atomic E-state index is -0.468. The fourth-order valence-corrected chi connectivity index (χ4v) is 2.90. The summed E-state index contributed by atoms with van der Waals surface area (Å²) < 4.78 is 20.3. The van der Waals surface area contributed by atoms with Gasteiger partial charge in [0.1, 0.15) is 22.7 Å². The lowest BCUT2D eigenvalue weighted by atomic mass is 10.0. The molecule has 0 radical (unpaired) electrons. The van der Waals surface area contributed by atoms with Gasteiger partial charge in [-0.15, -0.1) is 0 Å². The average molecular weight is 313 g/mol. The lowest BCUT2D eigenvalue weighted by Gasteiger charge is -2.07. The molecule has 0 aliphatic carbocycles. The van der Waals surface area contributed by atoms with Crippen molar-refractivity contribution in [1.82, 2.24) is 0 Å². The van der Waals surface area contributed by atoms with Crippen molar-refractivity contribution in [1.29, 1.82) is 0 Å². The molecule has 0 saturated carbocycles. The van der Waals surface area contributed by atoms with E-state index in [0.717, 1.165) is 10.8 Å². The van der Waals surface area contributed by atoms with Crippen molar-refractivity contribution >= 4 is 33.5 Å². The maximum atomic E-state index is 14.4. The van der Waals surface area contributed by atoms with Gasteiger partial charge in [-0.25, -0.2) is 4.39 Å². The third-order valence-corrected chi connectivity index (χ3v) is 3.96. The number of furan rings is 1. The van der Waals surface area contributed by atoms with E-state index < -0.39 is 5.82 Å². The van der Waals surface area contributed by atoms with Crippen molar-refractivity contribution in [3.63, 3.8) is 0 Å². The summed E-state index contributed by atoms with van der Waals surface area (Å²) in [5.41, 5.74) is 1.60. The van der Waals surface area contributed by atoms with E-state index in [2.05, 4.69) is 0 Å². The molecule has 3 aromatic carbocycles. The molecule has 1 aromatic heterocycles. The van der Waals surface area contributed by atoms with Crippen molar-refractivity contribution in [2.75, 3.05) is 0 Å². The van der Waals surface area contributed by atoms with E-state index >= 15 is 0 Å². The molecule has 0 fully saturated rings. The number of halogens is 2.